The van der Waals surface area contributed by atoms with Crippen LogP contribution in [0.15, 0.2) is 42.7 Å². The summed E-state index contributed by atoms with van der Waals surface area (Å²) in [5.41, 5.74) is 5.07. The Kier molecular flexibility index (Phi) is 4.53. The highest BCUT2D eigenvalue weighted by Gasteiger charge is 2.07. The van der Waals surface area contributed by atoms with Gasteiger partial charge in [-0.25, -0.2) is 0 Å². The Bertz CT molecular complexity index is 537. The van der Waals surface area contributed by atoms with Crippen molar-refractivity contribution in [3.63, 3.8) is 0 Å². The summed E-state index contributed by atoms with van der Waals surface area (Å²) in [6, 6.07) is 10.7. The van der Waals surface area contributed by atoms with E-state index in [1.807, 2.05) is 19.4 Å². The lowest BCUT2D eigenvalue weighted by atomic mass is 10.1. The second kappa shape index (κ2) is 6.34. The Morgan fingerprint density at radius 1 is 1.26 bits per heavy atom. The number of aromatic nitrogens is 1. The summed E-state index contributed by atoms with van der Waals surface area (Å²) in [6.07, 6.45) is 3.78. The molecule has 0 unspecified atom stereocenters. The molecule has 2 rings (SSSR count). The van der Waals surface area contributed by atoms with Gasteiger partial charge in [0.05, 0.1) is 11.9 Å². The third kappa shape index (κ3) is 3.55. The van der Waals surface area contributed by atoms with E-state index >= 15 is 0 Å². The standard InChI is InChI=1S/C16H21N3/c1-13-5-4-6-14(9-13)12-19(3)16-11-18-8-7-15(16)10-17-2/h4-9,11,17H,10,12H2,1-3H3. The molecule has 1 aromatic carbocycles. The Labute approximate surface area is 115 Å². The van der Waals surface area contributed by atoms with Crippen LogP contribution in [0.5, 0.6) is 0 Å². The van der Waals surface area contributed by atoms with Crippen LogP contribution in [-0.2, 0) is 13.1 Å². The van der Waals surface area contributed by atoms with Gasteiger partial charge < -0.3 is 10.2 Å². The number of hydrogen-bond donors (Lipinski definition) is 1. The zero-order chi connectivity index (χ0) is 13.7. The van der Waals surface area contributed by atoms with Crippen LogP contribution >= 0.6 is 0 Å². The van der Waals surface area contributed by atoms with Crippen LogP contribution in [0.1, 0.15) is 16.7 Å². The first-order valence-electron chi connectivity index (χ1n) is 6.55. The molecule has 100 valence electrons. The van der Waals surface area contributed by atoms with Gasteiger partial charge in [0.1, 0.15) is 0 Å². The van der Waals surface area contributed by atoms with Gasteiger partial charge in [-0.1, -0.05) is 29.8 Å². The predicted molar refractivity (Wildman–Crippen MR) is 80.3 cm³/mol. The van der Waals surface area contributed by atoms with Crippen molar-refractivity contribution in [2.45, 2.75) is 20.0 Å². The molecule has 3 nitrogen and oxygen atoms in total. The minimum Gasteiger partial charge on any atom is -0.369 e. The monoisotopic (exact) mass is 255 g/mol. The lowest BCUT2D eigenvalue weighted by Crippen LogP contribution is -2.19. The van der Waals surface area contributed by atoms with Gasteiger partial charge in [0.15, 0.2) is 0 Å². The average molecular weight is 255 g/mol. The van der Waals surface area contributed by atoms with Gasteiger partial charge in [-0.05, 0) is 31.2 Å². The normalized spacial score (nSPS) is 10.5. The Hall–Kier alpha value is -1.87. The average Bonchev–Trinajstić information content (AvgIpc) is 2.39. The molecule has 0 spiro atoms. The molecule has 0 fully saturated rings. The van der Waals surface area contributed by atoms with E-state index in [0.29, 0.717) is 0 Å². The van der Waals surface area contributed by atoms with Gasteiger partial charge in [-0.3, -0.25) is 4.98 Å². The van der Waals surface area contributed by atoms with E-state index in [1.54, 1.807) is 0 Å². The Morgan fingerprint density at radius 2 is 2.11 bits per heavy atom. The maximum Gasteiger partial charge on any atom is 0.0598 e. The van der Waals surface area contributed by atoms with Crippen molar-refractivity contribution < 1.29 is 0 Å². The first-order valence-corrected chi connectivity index (χ1v) is 6.55. The first-order chi connectivity index (χ1) is 9.20. The SMILES string of the molecule is CNCc1ccncc1N(C)Cc1cccc(C)c1. The van der Waals surface area contributed by atoms with Gasteiger partial charge in [0.25, 0.3) is 0 Å². The molecule has 0 saturated carbocycles. The molecule has 0 aliphatic heterocycles. The number of benzene rings is 1. The summed E-state index contributed by atoms with van der Waals surface area (Å²) >= 11 is 0. The maximum absolute atomic E-state index is 4.24. The highest BCUT2D eigenvalue weighted by Crippen LogP contribution is 2.20. The lowest BCUT2D eigenvalue weighted by molar-refractivity contribution is 0.802. The second-order valence-corrected chi connectivity index (χ2v) is 4.88. The van der Waals surface area contributed by atoms with Crippen LogP contribution in [0.25, 0.3) is 0 Å². The number of anilines is 1. The summed E-state index contributed by atoms with van der Waals surface area (Å²) < 4.78 is 0. The second-order valence-electron chi connectivity index (χ2n) is 4.88. The minimum atomic E-state index is 0.857. The van der Waals surface area contributed by atoms with E-state index in [0.717, 1.165) is 13.1 Å². The van der Waals surface area contributed by atoms with Crippen LogP contribution in [-0.4, -0.2) is 19.1 Å². The van der Waals surface area contributed by atoms with Crippen LogP contribution in [0, 0.1) is 6.92 Å². The fourth-order valence-corrected chi connectivity index (χ4v) is 2.27. The molecule has 0 atom stereocenters. The number of aryl methyl sites for hydroxylation is 1. The van der Waals surface area contributed by atoms with E-state index in [-0.39, 0.29) is 0 Å². The van der Waals surface area contributed by atoms with Gasteiger partial charge in [-0.15, -0.1) is 0 Å². The van der Waals surface area contributed by atoms with E-state index in [9.17, 15) is 0 Å². The Balaban J connectivity index is 2.17. The fourth-order valence-electron chi connectivity index (χ4n) is 2.27. The number of nitrogens with zero attached hydrogens (tertiary/aromatic N) is 2. The molecule has 19 heavy (non-hydrogen) atoms. The summed E-state index contributed by atoms with van der Waals surface area (Å²) in [4.78, 5) is 6.48. The van der Waals surface area contributed by atoms with Crippen LogP contribution in [0.4, 0.5) is 5.69 Å². The van der Waals surface area contributed by atoms with Crippen LogP contribution < -0.4 is 10.2 Å². The molecule has 1 heterocycles. The summed E-state index contributed by atoms with van der Waals surface area (Å²) in [6.45, 7) is 3.88. The van der Waals surface area contributed by atoms with Crippen molar-refractivity contribution >= 4 is 5.69 Å². The lowest BCUT2D eigenvalue weighted by Gasteiger charge is -2.22. The third-order valence-electron chi connectivity index (χ3n) is 3.17. The predicted octanol–water partition coefficient (Wildman–Crippen LogP) is 2.75. The molecule has 2 aromatic rings. The molecule has 0 aliphatic carbocycles. The summed E-state index contributed by atoms with van der Waals surface area (Å²) in [7, 11) is 4.07. The molecule has 0 saturated heterocycles. The molecule has 0 amide bonds. The fraction of sp³-hybridized carbons (Fsp3) is 0.312. The molecule has 0 aliphatic rings. The summed E-state index contributed by atoms with van der Waals surface area (Å²) in [5.74, 6) is 0. The van der Waals surface area contributed by atoms with Crippen molar-refractivity contribution in [3.05, 3.63) is 59.4 Å². The van der Waals surface area contributed by atoms with Crippen molar-refractivity contribution in [1.82, 2.24) is 10.3 Å². The molecule has 1 aromatic heterocycles. The highest BCUT2D eigenvalue weighted by molar-refractivity contribution is 5.51. The third-order valence-corrected chi connectivity index (χ3v) is 3.17. The number of pyridine rings is 1. The first kappa shape index (κ1) is 13.6. The molecular weight excluding hydrogens is 234 g/mol. The Morgan fingerprint density at radius 3 is 2.84 bits per heavy atom. The molecule has 1 N–H and O–H groups in total. The smallest absolute Gasteiger partial charge is 0.0598 e. The largest absolute Gasteiger partial charge is 0.369 e. The number of hydrogen-bond acceptors (Lipinski definition) is 3. The quantitative estimate of drug-likeness (QED) is 0.890. The summed E-state index contributed by atoms with van der Waals surface area (Å²) in [5, 5.41) is 3.20. The molecule has 0 radical (unpaired) electrons. The molecule has 3 heteroatoms. The van der Waals surface area contributed by atoms with Gasteiger partial charge in [0.2, 0.25) is 0 Å². The van der Waals surface area contributed by atoms with E-state index in [2.05, 4.69) is 59.5 Å². The number of rotatable bonds is 5. The minimum absolute atomic E-state index is 0.857. The van der Waals surface area contributed by atoms with Gasteiger partial charge in [-0.2, -0.15) is 0 Å². The topological polar surface area (TPSA) is 28.2 Å². The van der Waals surface area contributed by atoms with E-state index < -0.39 is 0 Å². The van der Waals surface area contributed by atoms with Crippen molar-refractivity contribution in [1.29, 1.82) is 0 Å². The zero-order valence-electron chi connectivity index (χ0n) is 11.9. The van der Waals surface area contributed by atoms with Crippen molar-refractivity contribution in [3.8, 4) is 0 Å². The number of nitrogens with one attached hydrogen (secondary N) is 1. The zero-order valence-corrected chi connectivity index (χ0v) is 11.9. The van der Waals surface area contributed by atoms with Crippen molar-refractivity contribution in [2.24, 2.45) is 0 Å². The van der Waals surface area contributed by atoms with Gasteiger partial charge in [0, 0.05) is 26.3 Å². The van der Waals surface area contributed by atoms with Crippen LogP contribution in [0.2, 0.25) is 0 Å². The van der Waals surface area contributed by atoms with Crippen molar-refractivity contribution in [2.75, 3.05) is 19.0 Å². The molecular formula is C16H21N3. The highest BCUT2D eigenvalue weighted by atomic mass is 15.1. The maximum atomic E-state index is 4.24. The van der Waals surface area contributed by atoms with Gasteiger partial charge >= 0.3 is 0 Å². The van der Waals surface area contributed by atoms with Crippen LogP contribution in [0.3, 0.4) is 0 Å². The van der Waals surface area contributed by atoms with E-state index in [1.165, 1.54) is 22.4 Å². The van der Waals surface area contributed by atoms with E-state index in [4.69, 9.17) is 0 Å². The molecule has 0 bridgehead atoms.